The molecule has 0 aliphatic carbocycles. The smallest absolute Gasteiger partial charge is 0.305 e. The highest BCUT2D eigenvalue weighted by Crippen LogP contribution is 2.01. The molecule has 0 rings (SSSR count). The molecule has 0 atom stereocenters. The summed E-state index contributed by atoms with van der Waals surface area (Å²) in [6.07, 6.45) is 2.66. The Morgan fingerprint density at radius 1 is 0.704 bits per heavy atom. The van der Waals surface area contributed by atoms with Gasteiger partial charge in [0.25, 0.3) is 0 Å². The average Bonchev–Trinajstić information content (AvgIpc) is 2.64. The maximum Gasteiger partial charge on any atom is 0.305 e. The zero-order valence-electron chi connectivity index (χ0n) is 15.9. The van der Waals surface area contributed by atoms with E-state index < -0.39 is 5.97 Å². The molecule has 0 fully saturated rings. The van der Waals surface area contributed by atoms with E-state index in [-0.39, 0.29) is 25.4 Å². The van der Waals surface area contributed by atoms with Crippen LogP contribution < -0.4 is 0 Å². The van der Waals surface area contributed by atoms with Gasteiger partial charge in [-0.3, -0.25) is 9.59 Å². The van der Waals surface area contributed by atoms with E-state index in [4.69, 9.17) is 33.5 Å². The molecule has 0 radical (unpaired) electrons. The number of carboxylic acids is 1. The molecule has 9 nitrogen and oxygen atoms in total. The van der Waals surface area contributed by atoms with Gasteiger partial charge in [-0.1, -0.05) is 6.58 Å². The van der Waals surface area contributed by atoms with Crippen LogP contribution in [0.2, 0.25) is 0 Å². The van der Waals surface area contributed by atoms with Gasteiger partial charge >= 0.3 is 11.9 Å². The predicted molar refractivity (Wildman–Crippen MR) is 96.5 cm³/mol. The van der Waals surface area contributed by atoms with Crippen LogP contribution in [0.4, 0.5) is 0 Å². The molecule has 0 aromatic carbocycles. The molecule has 0 unspecified atom stereocenters. The Balaban J connectivity index is 3.13. The molecule has 0 aliphatic heterocycles. The van der Waals surface area contributed by atoms with Crippen molar-refractivity contribution in [1.29, 1.82) is 0 Å². The molecule has 1 N–H and O–H groups in total. The van der Waals surface area contributed by atoms with Crippen molar-refractivity contribution in [2.75, 3.05) is 66.1 Å². The second-order valence-corrected chi connectivity index (χ2v) is 5.31. The number of unbranched alkanes of at least 4 members (excludes halogenated alkanes) is 1. The van der Waals surface area contributed by atoms with Crippen LogP contribution in [0.5, 0.6) is 0 Å². The lowest BCUT2D eigenvalue weighted by molar-refractivity contribution is -0.146. The van der Waals surface area contributed by atoms with E-state index in [9.17, 15) is 9.59 Å². The number of carbonyl (C=O) groups is 2. The minimum atomic E-state index is -0.856. The second-order valence-electron chi connectivity index (χ2n) is 5.31. The van der Waals surface area contributed by atoms with Crippen molar-refractivity contribution in [3.05, 3.63) is 12.8 Å². The van der Waals surface area contributed by atoms with Gasteiger partial charge in [0.15, 0.2) is 0 Å². The molecule has 27 heavy (non-hydrogen) atoms. The van der Waals surface area contributed by atoms with Gasteiger partial charge in [0.05, 0.1) is 59.1 Å². The molecule has 9 heteroatoms. The number of esters is 1. The SMILES string of the molecule is C=COCCOCCOCCOCCOCCOC(=O)CCCCC(=O)O. The molecular weight excluding hydrogens is 360 g/mol. The highest BCUT2D eigenvalue weighted by Gasteiger charge is 2.04. The third-order valence-corrected chi connectivity index (χ3v) is 3.09. The first-order valence-corrected chi connectivity index (χ1v) is 9.07. The minimum absolute atomic E-state index is 0.0702. The maximum absolute atomic E-state index is 11.4. The van der Waals surface area contributed by atoms with Crippen LogP contribution >= 0.6 is 0 Å². The van der Waals surface area contributed by atoms with Gasteiger partial charge in [-0.25, -0.2) is 0 Å². The Hall–Kier alpha value is -1.68. The Labute approximate surface area is 160 Å². The number of aliphatic carboxylic acids is 1. The van der Waals surface area contributed by atoms with Crippen molar-refractivity contribution >= 4 is 11.9 Å². The topological polar surface area (TPSA) is 110 Å². The van der Waals surface area contributed by atoms with Gasteiger partial charge in [0, 0.05) is 12.8 Å². The molecular formula is C18H32O9. The lowest BCUT2D eigenvalue weighted by atomic mass is 10.2. The molecule has 0 aromatic rings. The highest BCUT2D eigenvalue weighted by molar-refractivity contribution is 5.69. The van der Waals surface area contributed by atoms with Crippen LogP contribution in [0.15, 0.2) is 12.8 Å². The second kappa shape index (κ2) is 20.6. The fraction of sp³-hybridized carbons (Fsp3) is 0.778. The summed E-state index contributed by atoms with van der Waals surface area (Å²) < 4.78 is 31.0. The van der Waals surface area contributed by atoms with Crippen LogP contribution in [0, 0.1) is 0 Å². The van der Waals surface area contributed by atoms with E-state index in [1.807, 2.05) is 0 Å². The predicted octanol–water partition coefficient (Wildman–Crippen LogP) is 1.40. The van der Waals surface area contributed by atoms with Crippen LogP contribution in [0.25, 0.3) is 0 Å². The Bertz CT molecular complexity index is 374. The van der Waals surface area contributed by atoms with Crippen LogP contribution in [-0.4, -0.2) is 83.1 Å². The van der Waals surface area contributed by atoms with Gasteiger partial charge in [0.2, 0.25) is 0 Å². The van der Waals surface area contributed by atoms with E-state index in [1.54, 1.807) is 0 Å². The summed E-state index contributed by atoms with van der Waals surface area (Å²) in [7, 11) is 0. The van der Waals surface area contributed by atoms with Gasteiger partial charge in [-0.15, -0.1) is 0 Å². The Morgan fingerprint density at radius 2 is 1.15 bits per heavy atom. The average molecular weight is 392 g/mol. The lowest BCUT2D eigenvalue weighted by Crippen LogP contribution is -2.14. The quantitative estimate of drug-likeness (QED) is 0.176. The molecule has 0 amide bonds. The molecule has 0 aromatic heterocycles. The summed E-state index contributed by atoms with van der Waals surface area (Å²) in [4.78, 5) is 21.7. The van der Waals surface area contributed by atoms with Crippen molar-refractivity contribution in [2.24, 2.45) is 0 Å². The first-order valence-electron chi connectivity index (χ1n) is 9.07. The zero-order chi connectivity index (χ0) is 20.0. The molecule has 0 saturated carbocycles. The molecule has 0 saturated heterocycles. The van der Waals surface area contributed by atoms with Gasteiger partial charge in [-0.2, -0.15) is 0 Å². The van der Waals surface area contributed by atoms with Crippen LogP contribution in [0.1, 0.15) is 25.7 Å². The number of carboxylic acid groups (broad SMARTS) is 1. The van der Waals surface area contributed by atoms with Gasteiger partial charge in [-0.05, 0) is 12.8 Å². The Morgan fingerprint density at radius 3 is 1.63 bits per heavy atom. The number of carbonyl (C=O) groups excluding carboxylic acids is 1. The number of ether oxygens (including phenoxy) is 6. The van der Waals surface area contributed by atoms with Crippen LogP contribution in [-0.2, 0) is 38.0 Å². The summed E-state index contributed by atoms with van der Waals surface area (Å²) in [5.41, 5.74) is 0. The molecule has 0 bridgehead atoms. The normalized spacial score (nSPS) is 10.5. The van der Waals surface area contributed by atoms with E-state index >= 15 is 0 Å². The van der Waals surface area contributed by atoms with Gasteiger partial charge < -0.3 is 33.5 Å². The fourth-order valence-corrected chi connectivity index (χ4v) is 1.78. The van der Waals surface area contributed by atoms with Gasteiger partial charge in [0.1, 0.15) is 13.2 Å². The van der Waals surface area contributed by atoms with E-state index in [1.165, 1.54) is 6.26 Å². The summed E-state index contributed by atoms with van der Waals surface area (Å²) >= 11 is 0. The lowest BCUT2D eigenvalue weighted by Gasteiger charge is -2.08. The highest BCUT2D eigenvalue weighted by atomic mass is 16.6. The van der Waals surface area contributed by atoms with Crippen molar-refractivity contribution in [2.45, 2.75) is 25.7 Å². The summed E-state index contributed by atoms with van der Waals surface area (Å²) in [5.74, 6) is -1.19. The third kappa shape index (κ3) is 22.3. The van der Waals surface area contributed by atoms with Crippen molar-refractivity contribution < 1.29 is 43.1 Å². The minimum Gasteiger partial charge on any atom is -0.499 e. The van der Waals surface area contributed by atoms with Crippen LogP contribution in [0.3, 0.4) is 0 Å². The molecule has 0 aliphatic rings. The van der Waals surface area contributed by atoms with Crippen molar-refractivity contribution in [3.63, 3.8) is 0 Å². The summed E-state index contributed by atoms with van der Waals surface area (Å²) in [6, 6.07) is 0. The monoisotopic (exact) mass is 392 g/mol. The Kier molecular flexibility index (Phi) is 19.3. The standard InChI is InChI=1S/C18H32O9/c1-2-22-7-8-23-9-10-24-11-12-25-13-14-26-15-16-27-18(21)6-4-3-5-17(19)20/h2H,1,3-16H2,(H,19,20). The number of hydrogen-bond acceptors (Lipinski definition) is 8. The van der Waals surface area contributed by atoms with Crippen molar-refractivity contribution in [1.82, 2.24) is 0 Å². The first kappa shape index (κ1) is 25.3. The maximum atomic E-state index is 11.4. The van der Waals surface area contributed by atoms with E-state index in [0.29, 0.717) is 72.3 Å². The molecule has 0 heterocycles. The van der Waals surface area contributed by atoms with Crippen molar-refractivity contribution in [3.8, 4) is 0 Å². The fourth-order valence-electron chi connectivity index (χ4n) is 1.78. The van der Waals surface area contributed by atoms with E-state index in [0.717, 1.165) is 0 Å². The summed E-state index contributed by atoms with van der Waals surface area (Å²) in [5, 5.41) is 8.48. The first-order chi connectivity index (χ1) is 13.2. The number of hydrogen-bond donors (Lipinski definition) is 1. The third-order valence-electron chi connectivity index (χ3n) is 3.09. The molecule has 158 valence electrons. The van der Waals surface area contributed by atoms with E-state index in [2.05, 4.69) is 6.58 Å². The molecule has 0 spiro atoms. The number of rotatable bonds is 21. The summed E-state index contributed by atoms with van der Waals surface area (Å²) in [6.45, 7) is 7.67. The zero-order valence-corrected chi connectivity index (χ0v) is 15.9. The largest absolute Gasteiger partial charge is 0.499 e.